The van der Waals surface area contributed by atoms with Gasteiger partial charge in [-0.25, -0.2) is 0 Å². The third kappa shape index (κ3) is 3.14. The normalized spacial score (nSPS) is 19.8. The zero-order valence-electron chi connectivity index (χ0n) is 14.2. The molecule has 1 atom stereocenters. The van der Waals surface area contributed by atoms with E-state index in [0.29, 0.717) is 18.8 Å². The number of H-pyrrole nitrogens is 1. The summed E-state index contributed by atoms with van der Waals surface area (Å²) in [4.78, 5) is 27.7. The zero-order valence-corrected chi connectivity index (χ0v) is 14.2. The van der Waals surface area contributed by atoms with Crippen LogP contribution in [0.15, 0.2) is 12.1 Å². The Bertz CT molecular complexity index is 834. The smallest absolute Gasteiger partial charge is 0.248 e. The maximum atomic E-state index is 12.4. The monoisotopic (exact) mass is 341 g/mol. The Morgan fingerprint density at radius 1 is 1.28 bits per heavy atom. The molecule has 1 aromatic carbocycles. The van der Waals surface area contributed by atoms with Gasteiger partial charge in [-0.3, -0.25) is 9.59 Å². The number of nitrogens with one attached hydrogen (secondary N) is 2. The molecule has 0 saturated carbocycles. The summed E-state index contributed by atoms with van der Waals surface area (Å²) in [5, 5.41) is 4.05. The molecule has 0 radical (unpaired) electrons. The molecule has 4 N–H and O–H groups in total. The van der Waals surface area contributed by atoms with Crippen molar-refractivity contribution in [1.82, 2.24) is 10.3 Å². The summed E-state index contributed by atoms with van der Waals surface area (Å²) in [5.74, 6) is -0.510. The quantitative estimate of drug-likeness (QED) is 0.788. The van der Waals surface area contributed by atoms with Gasteiger partial charge >= 0.3 is 0 Å². The number of aryl methyl sites for hydroxylation is 2. The maximum Gasteiger partial charge on any atom is 0.248 e. The van der Waals surface area contributed by atoms with Crippen molar-refractivity contribution in [1.29, 1.82) is 0 Å². The molecule has 132 valence electrons. The van der Waals surface area contributed by atoms with Crippen molar-refractivity contribution in [3.05, 3.63) is 34.5 Å². The summed E-state index contributed by atoms with van der Waals surface area (Å²) >= 11 is 0. The van der Waals surface area contributed by atoms with Crippen LogP contribution in [0.5, 0.6) is 0 Å². The van der Waals surface area contributed by atoms with Gasteiger partial charge in [-0.15, -0.1) is 0 Å². The van der Waals surface area contributed by atoms with Crippen molar-refractivity contribution in [2.45, 2.75) is 44.6 Å². The topological polar surface area (TPSA) is 97.2 Å². The molecular formula is C19H23N3O3. The molecular weight excluding hydrogens is 318 g/mol. The number of rotatable bonds is 4. The van der Waals surface area contributed by atoms with E-state index in [4.69, 9.17) is 10.5 Å². The van der Waals surface area contributed by atoms with Gasteiger partial charge in [0.2, 0.25) is 11.8 Å². The molecule has 0 spiro atoms. The fourth-order valence-corrected chi connectivity index (χ4v) is 3.96. The molecule has 6 heteroatoms. The van der Waals surface area contributed by atoms with Crippen molar-refractivity contribution in [2.75, 3.05) is 13.2 Å². The summed E-state index contributed by atoms with van der Waals surface area (Å²) in [5.41, 5.74) is 10.3. The Morgan fingerprint density at radius 2 is 2.12 bits per heavy atom. The van der Waals surface area contributed by atoms with Crippen LogP contribution in [0, 0.1) is 0 Å². The second kappa shape index (κ2) is 6.52. The Morgan fingerprint density at radius 3 is 2.88 bits per heavy atom. The molecule has 25 heavy (non-hydrogen) atoms. The predicted molar refractivity (Wildman–Crippen MR) is 94.5 cm³/mol. The van der Waals surface area contributed by atoms with Gasteiger partial charge in [0, 0.05) is 28.8 Å². The highest BCUT2D eigenvalue weighted by Gasteiger charge is 2.22. The van der Waals surface area contributed by atoms with E-state index in [1.54, 1.807) is 6.07 Å². The van der Waals surface area contributed by atoms with Gasteiger partial charge in [-0.1, -0.05) is 0 Å². The van der Waals surface area contributed by atoms with E-state index in [1.807, 2.05) is 6.07 Å². The van der Waals surface area contributed by atoms with Crippen molar-refractivity contribution < 1.29 is 14.3 Å². The highest BCUT2D eigenvalue weighted by atomic mass is 16.5. The molecule has 1 fully saturated rings. The molecule has 2 heterocycles. The van der Waals surface area contributed by atoms with E-state index in [1.165, 1.54) is 17.7 Å². The number of carbonyl (C=O) groups is 2. The van der Waals surface area contributed by atoms with Crippen LogP contribution in [0.4, 0.5) is 0 Å². The van der Waals surface area contributed by atoms with Crippen molar-refractivity contribution in [3.8, 4) is 0 Å². The van der Waals surface area contributed by atoms with E-state index in [2.05, 4.69) is 10.3 Å². The zero-order chi connectivity index (χ0) is 17.4. The van der Waals surface area contributed by atoms with Crippen LogP contribution in [-0.4, -0.2) is 36.1 Å². The summed E-state index contributed by atoms with van der Waals surface area (Å²) < 4.78 is 5.30. The van der Waals surface area contributed by atoms with Crippen LogP contribution in [0.1, 0.15) is 46.4 Å². The largest absolute Gasteiger partial charge is 0.379 e. The first-order valence-corrected chi connectivity index (χ1v) is 8.95. The van der Waals surface area contributed by atoms with Crippen molar-refractivity contribution in [2.24, 2.45) is 5.73 Å². The number of aromatic amines is 1. The lowest BCUT2D eigenvalue weighted by Crippen LogP contribution is -2.36. The number of carbonyl (C=O) groups excluding carboxylic acids is 2. The standard InChI is InChI=1S/C19H23N3O3/c20-19(24)12-7-11(9-17(23)21-13-5-6-25-10-13)18-15(8-12)14-3-1-2-4-16(14)22-18/h7-8,13,22H,1-6,9-10H2,(H2,20,24)(H,21,23)/t13-/m1/s1. The van der Waals surface area contributed by atoms with Gasteiger partial charge in [0.1, 0.15) is 0 Å². The molecule has 2 aliphatic rings. The second-order valence-corrected chi connectivity index (χ2v) is 7.02. The lowest BCUT2D eigenvalue weighted by atomic mass is 9.94. The number of amides is 2. The summed E-state index contributed by atoms with van der Waals surface area (Å²) in [6.07, 6.45) is 5.41. The maximum absolute atomic E-state index is 12.4. The molecule has 1 aliphatic carbocycles. The van der Waals surface area contributed by atoms with Gasteiger partial charge in [0.15, 0.2) is 0 Å². The Labute approximate surface area is 146 Å². The minimum absolute atomic E-state index is 0.0500. The molecule has 0 unspecified atom stereocenters. The highest BCUT2D eigenvalue weighted by molar-refractivity contribution is 6.00. The van der Waals surface area contributed by atoms with Crippen molar-refractivity contribution >= 4 is 22.7 Å². The molecule has 4 rings (SSSR count). The number of nitrogens with two attached hydrogens (primary N) is 1. The average Bonchev–Trinajstić information content (AvgIpc) is 3.22. The Hall–Kier alpha value is -2.34. The lowest BCUT2D eigenvalue weighted by Gasteiger charge is -2.12. The second-order valence-electron chi connectivity index (χ2n) is 7.02. The van der Waals surface area contributed by atoms with Crippen LogP contribution in [0.25, 0.3) is 10.9 Å². The third-order valence-corrected chi connectivity index (χ3v) is 5.22. The summed E-state index contributed by atoms with van der Waals surface area (Å²) in [7, 11) is 0. The van der Waals surface area contributed by atoms with Crippen LogP contribution < -0.4 is 11.1 Å². The predicted octanol–water partition coefficient (Wildman–Crippen LogP) is 1.59. The number of primary amides is 1. The minimum Gasteiger partial charge on any atom is -0.379 e. The van der Waals surface area contributed by atoms with Gasteiger partial charge in [0.05, 0.1) is 19.1 Å². The van der Waals surface area contributed by atoms with E-state index in [9.17, 15) is 9.59 Å². The molecule has 1 aliphatic heterocycles. The number of ether oxygens (including phenoxy) is 1. The first kappa shape index (κ1) is 16.1. The van der Waals surface area contributed by atoms with Crippen LogP contribution in [0.3, 0.4) is 0 Å². The highest BCUT2D eigenvalue weighted by Crippen LogP contribution is 2.32. The lowest BCUT2D eigenvalue weighted by molar-refractivity contribution is -0.121. The Kier molecular flexibility index (Phi) is 4.21. The van der Waals surface area contributed by atoms with Gasteiger partial charge < -0.3 is 20.8 Å². The number of hydrogen-bond acceptors (Lipinski definition) is 3. The van der Waals surface area contributed by atoms with Crippen LogP contribution in [0.2, 0.25) is 0 Å². The molecule has 2 aromatic rings. The number of aromatic nitrogens is 1. The fraction of sp³-hybridized carbons (Fsp3) is 0.474. The number of fused-ring (bicyclic) bond motifs is 3. The fourth-order valence-electron chi connectivity index (χ4n) is 3.96. The van der Waals surface area contributed by atoms with E-state index >= 15 is 0 Å². The molecule has 1 saturated heterocycles. The first-order valence-electron chi connectivity index (χ1n) is 8.95. The van der Waals surface area contributed by atoms with E-state index in [0.717, 1.165) is 42.1 Å². The van der Waals surface area contributed by atoms with E-state index < -0.39 is 5.91 Å². The van der Waals surface area contributed by atoms with Gasteiger partial charge in [-0.2, -0.15) is 0 Å². The molecule has 6 nitrogen and oxygen atoms in total. The molecule has 1 aromatic heterocycles. The Balaban J connectivity index is 1.69. The van der Waals surface area contributed by atoms with Crippen LogP contribution >= 0.6 is 0 Å². The minimum atomic E-state index is -0.460. The van der Waals surface area contributed by atoms with Crippen molar-refractivity contribution in [3.63, 3.8) is 0 Å². The first-order chi connectivity index (χ1) is 12.1. The molecule has 0 bridgehead atoms. The molecule has 2 amide bonds. The van der Waals surface area contributed by atoms with Gasteiger partial charge in [0.25, 0.3) is 0 Å². The van der Waals surface area contributed by atoms with Gasteiger partial charge in [-0.05, 0) is 55.4 Å². The number of hydrogen-bond donors (Lipinski definition) is 3. The average molecular weight is 341 g/mol. The summed E-state index contributed by atoms with van der Waals surface area (Å²) in [6, 6.07) is 3.70. The summed E-state index contributed by atoms with van der Waals surface area (Å²) in [6.45, 7) is 1.26. The van der Waals surface area contributed by atoms with E-state index in [-0.39, 0.29) is 18.4 Å². The number of benzene rings is 1. The van der Waals surface area contributed by atoms with Crippen LogP contribution in [-0.2, 0) is 28.8 Å². The third-order valence-electron chi connectivity index (χ3n) is 5.22. The SMILES string of the molecule is NC(=O)c1cc(CC(=O)N[C@@H]2CCOC2)c2[nH]c3c(c2c1)CCCC3.